The lowest BCUT2D eigenvalue weighted by atomic mass is 10.3. The highest BCUT2D eigenvalue weighted by atomic mass is 16.5. The average molecular weight is 179 g/mol. The number of aldehydes is 1. The second-order valence-corrected chi connectivity index (χ2v) is 2.72. The number of rotatable bonds is 5. The molecule has 0 bridgehead atoms. The number of carbonyl (C=O) groups is 1. The zero-order valence-electron chi connectivity index (χ0n) is 7.69. The third-order valence-electron chi connectivity index (χ3n) is 1.66. The predicted molar refractivity (Wildman–Crippen MR) is 50.0 cm³/mol. The summed E-state index contributed by atoms with van der Waals surface area (Å²) in [5, 5.41) is 0. The Morgan fingerprint density at radius 3 is 3.15 bits per heavy atom. The summed E-state index contributed by atoms with van der Waals surface area (Å²) in [6, 6.07) is 3.41. The van der Waals surface area contributed by atoms with Gasteiger partial charge < -0.3 is 4.74 Å². The van der Waals surface area contributed by atoms with E-state index in [0.717, 1.165) is 19.1 Å². The maximum atomic E-state index is 10.5. The zero-order valence-corrected chi connectivity index (χ0v) is 7.69. The quantitative estimate of drug-likeness (QED) is 0.513. The molecule has 0 spiro atoms. The number of aromatic nitrogens is 1. The molecule has 13 heavy (non-hydrogen) atoms. The third kappa shape index (κ3) is 2.86. The van der Waals surface area contributed by atoms with E-state index in [4.69, 9.17) is 4.74 Å². The minimum absolute atomic E-state index is 0.436. The predicted octanol–water partition coefficient (Wildman–Crippen LogP) is 2.07. The van der Waals surface area contributed by atoms with Crippen LogP contribution in [0.2, 0.25) is 0 Å². The first-order chi connectivity index (χ1) is 6.38. The average Bonchev–Trinajstić information content (AvgIpc) is 2.19. The molecule has 1 aromatic heterocycles. The molecule has 1 aromatic rings. The summed E-state index contributed by atoms with van der Waals surface area (Å²) in [6.45, 7) is 2.71. The van der Waals surface area contributed by atoms with Crippen LogP contribution in [0.15, 0.2) is 18.3 Å². The molecule has 0 aliphatic heterocycles. The fraction of sp³-hybridized carbons (Fsp3) is 0.400. The summed E-state index contributed by atoms with van der Waals surface area (Å²) < 4.78 is 5.33. The lowest BCUT2D eigenvalue weighted by Crippen LogP contribution is -2.01. The topological polar surface area (TPSA) is 39.2 Å². The summed E-state index contributed by atoms with van der Waals surface area (Å²) >= 11 is 0. The number of ether oxygens (including phenoxy) is 1. The lowest BCUT2D eigenvalue weighted by Gasteiger charge is -2.04. The Labute approximate surface area is 77.8 Å². The molecule has 0 aliphatic carbocycles. The number of unbranched alkanes of at least 4 members (excludes halogenated alkanes) is 1. The molecule has 3 heteroatoms. The van der Waals surface area contributed by atoms with E-state index in [9.17, 15) is 4.79 Å². The van der Waals surface area contributed by atoms with Gasteiger partial charge in [0.15, 0.2) is 6.29 Å². The van der Waals surface area contributed by atoms with Gasteiger partial charge in [0.25, 0.3) is 0 Å². The van der Waals surface area contributed by atoms with Crippen LogP contribution in [0.3, 0.4) is 0 Å². The van der Waals surface area contributed by atoms with E-state index in [1.54, 1.807) is 18.3 Å². The van der Waals surface area contributed by atoms with Crippen LogP contribution in [-0.2, 0) is 0 Å². The number of hydrogen-bond donors (Lipinski definition) is 0. The molecule has 1 rings (SSSR count). The normalized spacial score (nSPS) is 9.62. The minimum Gasteiger partial charge on any atom is -0.477 e. The van der Waals surface area contributed by atoms with Crippen molar-refractivity contribution in [3.8, 4) is 5.88 Å². The lowest BCUT2D eigenvalue weighted by molar-refractivity contribution is 0.111. The van der Waals surface area contributed by atoms with E-state index < -0.39 is 0 Å². The van der Waals surface area contributed by atoms with Crippen LogP contribution < -0.4 is 4.74 Å². The highest BCUT2D eigenvalue weighted by Crippen LogP contribution is 2.11. The van der Waals surface area contributed by atoms with Crippen LogP contribution >= 0.6 is 0 Å². The van der Waals surface area contributed by atoms with Crippen molar-refractivity contribution in [2.24, 2.45) is 0 Å². The molecule has 0 saturated heterocycles. The fourth-order valence-corrected chi connectivity index (χ4v) is 0.927. The van der Waals surface area contributed by atoms with Gasteiger partial charge in [0.1, 0.15) is 0 Å². The Bertz CT molecular complexity index is 273. The Hall–Kier alpha value is -1.38. The Morgan fingerprint density at radius 1 is 1.62 bits per heavy atom. The molecular weight excluding hydrogens is 166 g/mol. The molecule has 1 heterocycles. The first-order valence-corrected chi connectivity index (χ1v) is 4.41. The third-order valence-corrected chi connectivity index (χ3v) is 1.66. The van der Waals surface area contributed by atoms with Gasteiger partial charge >= 0.3 is 0 Å². The van der Waals surface area contributed by atoms with Gasteiger partial charge in [0, 0.05) is 6.20 Å². The van der Waals surface area contributed by atoms with Gasteiger partial charge in [-0.15, -0.1) is 0 Å². The molecule has 0 N–H and O–H groups in total. The molecule has 0 aromatic carbocycles. The Balaban J connectivity index is 2.59. The van der Waals surface area contributed by atoms with Gasteiger partial charge in [-0.1, -0.05) is 13.3 Å². The smallest absolute Gasteiger partial charge is 0.224 e. The van der Waals surface area contributed by atoms with Crippen molar-refractivity contribution in [1.29, 1.82) is 0 Å². The minimum atomic E-state index is 0.436. The van der Waals surface area contributed by atoms with Crippen LogP contribution in [0.5, 0.6) is 5.88 Å². The zero-order chi connectivity index (χ0) is 9.52. The van der Waals surface area contributed by atoms with Crippen LogP contribution in [0.1, 0.15) is 30.1 Å². The molecule has 70 valence electrons. The molecule has 0 fully saturated rings. The van der Waals surface area contributed by atoms with Crippen molar-refractivity contribution >= 4 is 6.29 Å². The number of pyridine rings is 1. The maximum absolute atomic E-state index is 10.5. The van der Waals surface area contributed by atoms with Gasteiger partial charge in [0.2, 0.25) is 5.88 Å². The van der Waals surface area contributed by atoms with Crippen molar-refractivity contribution < 1.29 is 9.53 Å². The van der Waals surface area contributed by atoms with Gasteiger partial charge in [-0.3, -0.25) is 4.79 Å². The van der Waals surface area contributed by atoms with Crippen LogP contribution in [0.4, 0.5) is 0 Å². The summed E-state index contributed by atoms with van der Waals surface area (Å²) in [5.74, 6) is 0.436. The SMILES string of the molecule is CCCCOc1ncccc1C=O. The molecule has 3 nitrogen and oxygen atoms in total. The van der Waals surface area contributed by atoms with E-state index in [1.165, 1.54) is 0 Å². The monoisotopic (exact) mass is 179 g/mol. The first kappa shape index (κ1) is 9.71. The summed E-state index contributed by atoms with van der Waals surface area (Å²) in [6.07, 6.45) is 4.43. The summed E-state index contributed by atoms with van der Waals surface area (Å²) in [7, 11) is 0. The second-order valence-electron chi connectivity index (χ2n) is 2.72. The largest absolute Gasteiger partial charge is 0.477 e. The fourth-order valence-electron chi connectivity index (χ4n) is 0.927. The van der Waals surface area contributed by atoms with Crippen LogP contribution in [-0.4, -0.2) is 17.9 Å². The van der Waals surface area contributed by atoms with Gasteiger partial charge in [0.05, 0.1) is 12.2 Å². The maximum Gasteiger partial charge on any atom is 0.224 e. The van der Waals surface area contributed by atoms with Crippen molar-refractivity contribution in [2.45, 2.75) is 19.8 Å². The standard InChI is InChI=1S/C10H13NO2/c1-2-3-7-13-10-9(8-12)5-4-6-11-10/h4-6,8H,2-3,7H2,1H3. The van der Waals surface area contributed by atoms with Crippen LogP contribution in [0, 0.1) is 0 Å². The van der Waals surface area contributed by atoms with Gasteiger partial charge in [-0.2, -0.15) is 0 Å². The van der Waals surface area contributed by atoms with Gasteiger partial charge in [-0.05, 0) is 18.6 Å². The first-order valence-electron chi connectivity index (χ1n) is 4.41. The van der Waals surface area contributed by atoms with E-state index in [2.05, 4.69) is 11.9 Å². The van der Waals surface area contributed by atoms with E-state index in [1.807, 2.05) is 0 Å². The highest BCUT2D eigenvalue weighted by molar-refractivity contribution is 5.77. The number of carbonyl (C=O) groups excluding carboxylic acids is 1. The van der Waals surface area contributed by atoms with E-state index >= 15 is 0 Å². The Kier molecular flexibility index (Phi) is 3.96. The number of nitrogens with zero attached hydrogens (tertiary/aromatic N) is 1. The Morgan fingerprint density at radius 2 is 2.46 bits per heavy atom. The van der Waals surface area contributed by atoms with E-state index in [-0.39, 0.29) is 0 Å². The van der Waals surface area contributed by atoms with Crippen molar-refractivity contribution in [1.82, 2.24) is 4.98 Å². The van der Waals surface area contributed by atoms with Crippen LogP contribution in [0.25, 0.3) is 0 Å². The molecular formula is C10H13NO2. The summed E-state index contributed by atoms with van der Waals surface area (Å²) in [4.78, 5) is 14.5. The molecule has 0 unspecified atom stereocenters. The van der Waals surface area contributed by atoms with Gasteiger partial charge in [-0.25, -0.2) is 4.98 Å². The second kappa shape index (κ2) is 5.30. The molecule has 0 amide bonds. The highest BCUT2D eigenvalue weighted by Gasteiger charge is 2.01. The molecule has 0 atom stereocenters. The van der Waals surface area contributed by atoms with Crippen molar-refractivity contribution in [2.75, 3.05) is 6.61 Å². The molecule has 0 saturated carbocycles. The van der Waals surface area contributed by atoms with Crippen molar-refractivity contribution in [3.05, 3.63) is 23.9 Å². The number of hydrogen-bond acceptors (Lipinski definition) is 3. The molecule has 0 radical (unpaired) electrons. The summed E-state index contributed by atoms with van der Waals surface area (Å²) in [5.41, 5.74) is 0.513. The molecule has 0 aliphatic rings. The van der Waals surface area contributed by atoms with E-state index in [0.29, 0.717) is 18.1 Å². The van der Waals surface area contributed by atoms with Crippen molar-refractivity contribution in [3.63, 3.8) is 0 Å².